The number of benzene rings is 1. The van der Waals surface area contributed by atoms with Crippen molar-refractivity contribution < 1.29 is 9.84 Å². The van der Waals surface area contributed by atoms with E-state index in [2.05, 4.69) is 6.58 Å². The first-order valence-corrected chi connectivity index (χ1v) is 7.24. The molecular formula is C17H24O2. The molecule has 1 atom stereocenters. The first-order chi connectivity index (χ1) is 9.30. The lowest BCUT2D eigenvalue weighted by molar-refractivity contribution is -0.0674. The molecule has 0 unspecified atom stereocenters. The molecule has 104 valence electrons. The van der Waals surface area contributed by atoms with Gasteiger partial charge in [-0.05, 0) is 24.3 Å². The van der Waals surface area contributed by atoms with Crippen LogP contribution in [0.5, 0.6) is 0 Å². The Morgan fingerprint density at radius 1 is 1.21 bits per heavy atom. The Balaban J connectivity index is 2.04. The summed E-state index contributed by atoms with van der Waals surface area (Å²) < 4.78 is 6.09. The number of aliphatic hydroxyl groups excluding tert-OH is 1. The zero-order valence-electron chi connectivity index (χ0n) is 11.6. The molecule has 0 spiro atoms. The Morgan fingerprint density at radius 3 is 2.47 bits per heavy atom. The molecule has 1 saturated carbocycles. The lowest BCUT2D eigenvalue weighted by Crippen LogP contribution is -2.33. The summed E-state index contributed by atoms with van der Waals surface area (Å²) >= 11 is 0. The summed E-state index contributed by atoms with van der Waals surface area (Å²) in [5.74, 6) is 0.628. The van der Waals surface area contributed by atoms with Gasteiger partial charge in [0.15, 0.2) is 0 Å². The minimum atomic E-state index is -0.751. The van der Waals surface area contributed by atoms with Gasteiger partial charge in [-0.15, -0.1) is 0 Å². The Hall–Kier alpha value is -1.12. The number of hydrogen-bond donors (Lipinski definition) is 1. The molecule has 2 nitrogen and oxygen atoms in total. The number of rotatable bonds is 6. The first-order valence-electron chi connectivity index (χ1n) is 7.24. The van der Waals surface area contributed by atoms with E-state index in [9.17, 15) is 5.11 Å². The molecule has 1 N–H and O–H groups in total. The Labute approximate surface area is 116 Å². The molecule has 19 heavy (non-hydrogen) atoms. The SMILES string of the molecule is C=C[C@](CO)(OCC1CCCCC1)c1ccccc1. The maximum atomic E-state index is 9.76. The average Bonchev–Trinajstić information content (AvgIpc) is 2.51. The van der Waals surface area contributed by atoms with Crippen LogP contribution in [0.15, 0.2) is 43.0 Å². The van der Waals surface area contributed by atoms with Gasteiger partial charge < -0.3 is 9.84 Å². The second-order valence-corrected chi connectivity index (χ2v) is 5.43. The van der Waals surface area contributed by atoms with Crippen molar-refractivity contribution in [3.05, 3.63) is 48.6 Å². The van der Waals surface area contributed by atoms with E-state index in [-0.39, 0.29) is 6.61 Å². The molecular weight excluding hydrogens is 236 g/mol. The first kappa shape index (κ1) is 14.3. The van der Waals surface area contributed by atoms with Crippen LogP contribution in [0.3, 0.4) is 0 Å². The van der Waals surface area contributed by atoms with Crippen molar-refractivity contribution in [2.45, 2.75) is 37.7 Å². The van der Waals surface area contributed by atoms with E-state index in [1.807, 2.05) is 30.3 Å². The van der Waals surface area contributed by atoms with E-state index in [0.717, 1.165) is 5.56 Å². The van der Waals surface area contributed by atoms with Crippen molar-refractivity contribution in [1.82, 2.24) is 0 Å². The van der Waals surface area contributed by atoms with Gasteiger partial charge >= 0.3 is 0 Å². The monoisotopic (exact) mass is 260 g/mol. The van der Waals surface area contributed by atoms with Crippen molar-refractivity contribution in [2.75, 3.05) is 13.2 Å². The lowest BCUT2D eigenvalue weighted by atomic mass is 9.89. The third kappa shape index (κ3) is 3.46. The molecule has 2 heteroatoms. The van der Waals surface area contributed by atoms with Crippen LogP contribution in [-0.2, 0) is 10.3 Å². The third-order valence-corrected chi connectivity index (χ3v) is 4.13. The molecule has 0 bridgehead atoms. The fourth-order valence-electron chi connectivity index (χ4n) is 2.80. The van der Waals surface area contributed by atoms with E-state index in [0.29, 0.717) is 12.5 Å². The molecule has 0 heterocycles. The fourth-order valence-corrected chi connectivity index (χ4v) is 2.80. The highest BCUT2D eigenvalue weighted by Crippen LogP contribution is 2.30. The molecule has 1 aromatic rings. The van der Waals surface area contributed by atoms with Crippen LogP contribution in [0.1, 0.15) is 37.7 Å². The number of ether oxygens (including phenoxy) is 1. The molecule has 0 saturated heterocycles. The van der Waals surface area contributed by atoms with Crippen LogP contribution in [0.25, 0.3) is 0 Å². The van der Waals surface area contributed by atoms with Crippen LogP contribution in [0.2, 0.25) is 0 Å². The van der Waals surface area contributed by atoms with E-state index in [1.54, 1.807) is 6.08 Å². The Morgan fingerprint density at radius 2 is 1.89 bits per heavy atom. The Kier molecular flexibility index (Phi) is 5.17. The van der Waals surface area contributed by atoms with Gasteiger partial charge in [0.25, 0.3) is 0 Å². The van der Waals surface area contributed by atoms with Crippen LogP contribution < -0.4 is 0 Å². The van der Waals surface area contributed by atoms with Gasteiger partial charge in [0.2, 0.25) is 0 Å². The van der Waals surface area contributed by atoms with Gasteiger partial charge in [-0.25, -0.2) is 0 Å². The van der Waals surface area contributed by atoms with Crippen LogP contribution in [0, 0.1) is 5.92 Å². The standard InChI is InChI=1S/C17H24O2/c1-2-17(14-18,16-11-7-4-8-12-16)19-13-15-9-5-3-6-10-15/h2,4,7-8,11-12,15,18H,1,3,5-6,9-10,13-14H2/t17-/m1/s1. The maximum Gasteiger partial charge on any atom is 0.134 e. The minimum Gasteiger partial charge on any atom is -0.393 e. The normalized spacial score (nSPS) is 19.8. The summed E-state index contributed by atoms with van der Waals surface area (Å²) in [4.78, 5) is 0. The van der Waals surface area contributed by atoms with Crippen LogP contribution >= 0.6 is 0 Å². The van der Waals surface area contributed by atoms with Gasteiger partial charge in [-0.1, -0.05) is 62.2 Å². The molecule has 2 rings (SSSR count). The smallest absolute Gasteiger partial charge is 0.134 e. The van der Waals surface area contributed by atoms with E-state index in [4.69, 9.17) is 4.74 Å². The number of aliphatic hydroxyl groups is 1. The summed E-state index contributed by atoms with van der Waals surface area (Å²) in [5, 5.41) is 9.76. The molecule has 1 aromatic carbocycles. The molecule has 1 fully saturated rings. The van der Waals surface area contributed by atoms with Crippen molar-refractivity contribution in [1.29, 1.82) is 0 Å². The highest BCUT2D eigenvalue weighted by Gasteiger charge is 2.30. The third-order valence-electron chi connectivity index (χ3n) is 4.13. The molecule has 0 radical (unpaired) electrons. The fraction of sp³-hybridized carbons (Fsp3) is 0.529. The van der Waals surface area contributed by atoms with Gasteiger partial charge in [0.05, 0.1) is 13.2 Å². The largest absolute Gasteiger partial charge is 0.393 e. The lowest BCUT2D eigenvalue weighted by Gasteiger charge is -2.32. The van der Waals surface area contributed by atoms with Gasteiger partial charge in [0, 0.05) is 0 Å². The molecule has 0 amide bonds. The average molecular weight is 260 g/mol. The van der Waals surface area contributed by atoms with Crippen LogP contribution in [0.4, 0.5) is 0 Å². The van der Waals surface area contributed by atoms with Crippen molar-refractivity contribution in [3.63, 3.8) is 0 Å². The predicted molar refractivity (Wildman–Crippen MR) is 77.9 cm³/mol. The highest BCUT2D eigenvalue weighted by molar-refractivity contribution is 5.27. The van der Waals surface area contributed by atoms with Crippen molar-refractivity contribution >= 4 is 0 Å². The zero-order chi connectivity index (χ0) is 13.6. The number of hydrogen-bond acceptors (Lipinski definition) is 2. The summed E-state index contributed by atoms with van der Waals surface area (Å²) in [5.41, 5.74) is 0.224. The minimum absolute atomic E-state index is 0.0623. The summed E-state index contributed by atoms with van der Waals surface area (Å²) in [6.07, 6.45) is 8.17. The second-order valence-electron chi connectivity index (χ2n) is 5.43. The van der Waals surface area contributed by atoms with E-state index < -0.39 is 5.60 Å². The Bertz CT molecular complexity index is 382. The summed E-state index contributed by atoms with van der Waals surface area (Å²) in [6.45, 7) is 4.51. The summed E-state index contributed by atoms with van der Waals surface area (Å²) in [7, 11) is 0. The highest BCUT2D eigenvalue weighted by atomic mass is 16.5. The van der Waals surface area contributed by atoms with Crippen molar-refractivity contribution in [3.8, 4) is 0 Å². The quantitative estimate of drug-likeness (QED) is 0.791. The predicted octanol–water partition coefficient (Wildman–Crippen LogP) is 3.66. The maximum absolute atomic E-state index is 9.76. The van der Waals surface area contributed by atoms with Gasteiger partial charge in [-0.2, -0.15) is 0 Å². The topological polar surface area (TPSA) is 29.5 Å². The van der Waals surface area contributed by atoms with Crippen molar-refractivity contribution in [2.24, 2.45) is 5.92 Å². The second kappa shape index (κ2) is 6.88. The molecule has 0 aromatic heterocycles. The molecule has 0 aliphatic heterocycles. The molecule has 1 aliphatic carbocycles. The van der Waals surface area contributed by atoms with E-state index in [1.165, 1.54) is 32.1 Å². The van der Waals surface area contributed by atoms with Gasteiger partial charge in [-0.3, -0.25) is 0 Å². The van der Waals surface area contributed by atoms with Gasteiger partial charge in [0.1, 0.15) is 5.60 Å². The zero-order valence-corrected chi connectivity index (χ0v) is 11.6. The molecule has 1 aliphatic rings. The summed E-state index contributed by atoms with van der Waals surface area (Å²) in [6, 6.07) is 9.87. The van der Waals surface area contributed by atoms with Crippen LogP contribution in [-0.4, -0.2) is 18.3 Å². The van der Waals surface area contributed by atoms with E-state index >= 15 is 0 Å².